The van der Waals surface area contributed by atoms with Crippen LogP contribution in [-0.2, 0) is 0 Å². The van der Waals surface area contributed by atoms with Crippen LogP contribution in [-0.4, -0.2) is 53.9 Å². The van der Waals surface area contributed by atoms with Crippen LogP contribution < -0.4 is 9.64 Å². The number of ether oxygens (including phenoxy) is 1. The molecular weight excluding hydrogens is 355 g/mol. The molecule has 2 saturated heterocycles. The molecule has 3 heterocycles. The van der Waals surface area contributed by atoms with Crippen LogP contribution in [0.4, 0.5) is 10.2 Å². The standard InChI is InChI=1S/C19H22ClFN4O/c20-18-7-8-19(23-22-18)25-10-9-24-11-14(1-4-16(24)12-25)13-26-17-5-2-15(21)3-6-17/h2-3,5-8,14,16H,1,4,9-13H2/t14-,16?/m1/s1. The topological polar surface area (TPSA) is 41.5 Å². The van der Waals surface area contributed by atoms with Gasteiger partial charge in [-0.3, -0.25) is 4.90 Å². The molecule has 0 radical (unpaired) electrons. The van der Waals surface area contributed by atoms with Crippen molar-refractivity contribution in [1.82, 2.24) is 15.1 Å². The van der Waals surface area contributed by atoms with Gasteiger partial charge in [-0.2, -0.15) is 0 Å². The van der Waals surface area contributed by atoms with E-state index in [2.05, 4.69) is 20.0 Å². The second-order valence-corrected chi connectivity index (χ2v) is 7.40. The first-order valence-corrected chi connectivity index (χ1v) is 9.42. The number of hydrogen-bond donors (Lipinski definition) is 0. The van der Waals surface area contributed by atoms with E-state index in [9.17, 15) is 4.39 Å². The van der Waals surface area contributed by atoms with Gasteiger partial charge >= 0.3 is 0 Å². The van der Waals surface area contributed by atoms with Crippen molar-refractivity contribution in [3.05, 3.63) is 47.4 Å². The second kappa shape index (κ2) is 7.76. The molecule has 0 saturated carbocycles. The van der Waals surface area contributed by atoms with Crippen molar-refractivity contribution < 1.29 is 9.13 Å². The van der Waals surface area contributed by atoms with E-state index in [-0.39, 0.29) is 5.82 Å². The maximum atomic E-state index is 13.0. The second-order valence-electron chi connectivity index (χ2n) is 7.02. The molecule has 0 bridgehead atoms. The van der Waals surface area contributed by atoms with Crippen LogP contribution in [0.15, 0.2) is 36.4 Å². The van der Waals surface area contributed by atoms with Gasteiger partial charge in [-0.1, -0.05) is 11.6 Å². The highest BCUT2D eigenvalue weighted by Gasteiger charge is 2.33. The first kappa shape index (κ1) is 17.5. The van der Waals surface area contributed by atoms with Crippen molar-refractivity contribution in [2.75, 3.05) is 37.7 Å². The smallest absolute Gasteiger partial charge is 0.151 e. The Labute approximate surface area is 157 Å². The number of piperidine rings is 1. The normalized spacial score (nSPS) is 23.5. The third kappa shape index (κ3) is 4.07. The summed E-state index contributed by atoms with van der Waals surface area (Å²) >= 11 is 5.83. The molecule has 1 unspecified atom stereocenters. The minimum absolute atomic E-state index is 0.235. The molecule has 2 aromatic rings. The van der Waals surface area contributed by atoms with Gasteiger partial charge in [-0.25, -0.2) is 4.39 Å². The Morgan fingerprint density at radius 1 is 1.04 bits per heavy atom. The molecule has 2 fully saturated rings. The van der Waals surface area contributed by atoms with Gasteiger partial charge in [0.05, 0.1) is 6.61 Å². The summed E-state index contributed by atoms with van der Waals surface area (Å²) in [5.41, 5.74) is 0. The van der Waals surface area contributed by atoms with Crippen LogP contribution in [0.5, 0.6) is 5.75 Å². The molecule has 2 aliphatic heterocycles. The summed E-state index contributed by atoms with van der Waals surface area (Å²) in [4.78, 5) is 4.85. The average Bonchev–Trinajstić information content (AvgIpc) is 2.67. The van der Waals surface area contributed by atoms with E-state index in [0.29, 0.717) is 23.7 Å². The summed E-state index contributed by atoms with van der Waals surface area (Å²) in [6.45, 7) is 4.66. The lowest BCUT2D eigenvalue weighted by molar-refractivity contribution is 0.0727. The lowest BCUT2D eigenvalue weighted by Crippen LogP contribution is -2.57. The van der Waals surface area contributed by atoms with Crippen molar-refractivity contribution in [1.29, 1.82) is 0 Å². The zero-order valence-electron chi connectivity index (χ0n) is 14.5. The highest BCUT2D eigenvalue weighted by molar-refractivity contribution is 6.29. The van der Waals surface area contributed by atoms with Gasteiger partial charge < -0.3 is 9.64 Å². The van der Waals surface area contributed by atoms with Crippen LogP contribution >= 0.6 is 11.6 Å². The minimum atomic E-state index is -0.235. The molecule has 0 N–H and O–H groups in total. The van der Waals surface area contributed by atoms with Crippen LogP contribution in [0.2, 0.25) is 5.15 Å². The molecule has 26 heavy (non-hydrogen) atoms. The number of halogens is 2. The summed E-state index contributed by atoms with van der Waals surface area (Å²) in [5.74, 6) is 1.91. The van der Waals surface area contributed by atoms with E-state index in [1.54, 1.807) is 18.2 Å². The number of hydrogen-bond acceptors (Lipinski definition) is 5. The van der Waals surface area contributed by atoms with Crippen molar-refractivity contribution in [3.8, 4) is 5.75 Å². The van der Waals surface area contributed by atoms with Crippen LogP contribution in [0.1, 0.15) is 12.8 Å². The Kier molecular flexibility index (Phi) is 5.22. The van der Waals surface area contributed by atoms with Crippen LogP contribution in [0.25, 0.3) is 0 Å². The predicted molar refractivity (Wildman–Crippen MR) is 99.2 cm³/mol. The highest BCUT2D eigenvalue weighted by Crippen LogP contribution is 2.27. The summed E-state index contributed by atoms with van der Waals surface area (Å²) in [6.07, 6.45) is 2.29. The summed E-state index contributed by atoms with van der Waals surface area (Å²) in [5, 5.41) is 8.58. The van der Waals surface area contributed by atoms with E-state index in [1.807, 2.05) is 6.07 Å². The molecular formula is C19H22ClFN4O. The number of rotatable bonds is 4. The average molecular weight is 377 g/mol. The van der Waals surface area contributed by atoms with Gasteiger partial charge in [0.25, 0.3) is 0 Å². The number of piperazine rings is 1. The van der Waals surface area contributed by atoms with Gasteiger partial charge in [0.1, 0.15) is 11.6 Å². The molecule has 0 amide bonds. The Morgan fingerprint density at radius 2 is 1.88 bits per heavy atom. The fraction of sp³-hybridized carbons (Fsp3) is 0.474. The molecule has 1 aromatic heterocycles. The molecule has 1 aromatic carbocycles. The third-order valence-electron chi connectivity index (χ3n) is 5.25. The van der Waals surface area contributed by atoms with Crippen molar-refractivity contribution in [3.63, 3.8) is 0 Å². The van der Waals surface area contributed by atoms with E-state index in [1.165, 1.54) is 12.1 Å². The van der Waals surface area contributed by atoms with Gasteiger partial charge in [0.15, 0.2) is 11.0 Å². The van der Waals surface area contributed by atoms with Crippen LogP contribution in [0, 0.1) is 11.7 Å². The fourth-order valence-corrected chi connectivity index (χ4v) is 3.93. The lowest BCUT2D eigenvalue weighted by atomic mass is 9.91. The van der Waals surface area contributed by atoms with E-state index >= 15 is 0 Å². The molecule has 7 heteroatoms. The van der Waals surface area contributed by atoms with Gasteiger partial charge in [-0.15, -0.1) is 10.2 Å². The number of benzene rings is 1. The fourth-order valence-electron chi connectivity index (χ4n) is 3.82. The molecule has 0 aliphatic carbocycles. The van der Waals surface area contributed by atoms with Gasteiger partial charge in [0.2, 0.25) is 0 Å². The highest BCUT2D eigenvalue weighted by atomic mass is 35.5. The monoisotopic (exact) mass is 376 g/mol. The predicted octanol–water partition coefficient (Wildman–Crippen LogP) is 3.25. The van der Waals surface area contributed by atoms with Crippen molar-refractivity contribution >= 4 is 17.4 Å². The quantitative estimate of drug-likeness (QED) is 0.819. The minimum Gasteiger partial charge on any atom is -0.493 e. The Bertz CT molecular complexity index is 727. The molecule has 5 nitrogen and oxygen atoms in total. The molecule has 2 aliphatic rings. The van der Waals surface area contributed by atoms with Gasteiger partial charge in [0, 0.05) is 38.1 Å². The zero-order valence-corrected chi connectivity index (χ0v) is 15.3. The first-order chi connectivity index (χ1) is 12.7. The maximum absolute atomic E-state index is 13.0. The summed E-state index contributed by atoms with van der Waals surface area (Å²) in [6, 6.07) is 10.5. The van der Waals surface area contributed by atoms with E-state index in [4.69, 9.17) is 16.3 Å². The lowest BCUT2D eigenvalue weighted by Gasteiger charge is -2.46. The summed E-state index contributed by atoms with van der Waals surface area (Å²) in [7, 11) is 0. The third-order valence-corrected chi connectivity index (χ3v) is 5.45. The van der Waals surface area contributed by atoms with Crippen molar-refractivity contribution in [2.45, 2.75) is 18.9 Å². The van der Waals surface area contributed by atoms with Gasteiger partial charge in [-0.05, 0) is 49.2 Å². The van der Waals surface area contributed by atoms with Crippen molar-refractivity contribution in [2.24, 2.45) is 5.92 Å². The van der Waals surface area contributed by atoms with E-state index in [0.717, 1.165) is 50.6 Å². The number of aromatic nitrogens is 2. The number of anilines is 1. The first-order valence-electron chi connectivity index (χ1n) is 9.04. The van der Waals surface area contributed by atoms with Crippen LogP contribution in [0.3, 0.4) is 0 Å². The number of fused-ring (bicyclic) bond motifs is 1. The Morgan fingerprint density at radius 3 is 2.65 bits per heavy atom. The van der Waals surface area contributed by atoms with E-state index < -0.39 is 0 Å². The Balaban J connectivity index is 1.29. The zero-order chi connectivity index (χ0) is 17.9. The largest absolute Gasteiger partial charge is 0.493 e. The molecule has 0 spiro atoms. The SMILES string of the molecule is Fc1ccc(OC[C@@H]2CCC3CN(c4ccc(Cl)nn4)CCN3C2)cc1. The molecule has 2 atom stereocenters. The molecule has 4 rings (SSSR count). The Hall–Kier alpha value is -1.92. The molecule has 138 valence electrons. The number of nitrogens with zero attached hydrogens (tertiary/aromatic N) is 4. The summed E-state index contributed by atoms with van der Waals surface area (Å²) < 4.78 is 18.8. The maximum Gasteiger partial charge on any atom is 0.151 e.